The monoisotopic (exact) mass is 512 g/mol. The molecule has 3 aromatic rings. The average Bonchev–Trinajstić information content (AvgIpc) is 2.90. The molecule has 0 atom stereocenters. The first-order valence-corrected chi connectivity index (χ1v) is 12.1. The zero-order chi connectivity index (χ0) is 27.2. The number of benzene rings is 2. The molecule has 1 N–H and O–H groups in total. The van der Waals surface area contributed by atoms with Gasteiger partial charge in [0.15, 0.2) is 5.82 Å². The molecule has 37 heavy (non-hydrogen) atoms. The minimum absolute atomic E-state index is 0.0860. The topological polar surface area (TPSA) is 67.3 Å². The Bertz CT molecular complexity index is 1270. The Kier molecular flexibility index (Phi) is 9.04. The van der Waals surface area contributed by atoms with Crippen LogP contribution in [0.15, 0.2) is 55.1 Å². The predicted molar refractivity (Wildman–Crippen MR) is 141 cm³/mol. The van der Waals surface area contributed by atoms with Crippen molar-refractivity contribution in [2.75, 3.05) is 36.5 Å². The molecule has 0 bridgehead atoms. The highest BCUT2D eigenvalue weighted by Crippen LogP contribution is 2.31. The van der Waals surface area contributed by atoms with Crippen molar-refractivity contribution < 1.29 is 22.7 Å². The van der Waals surface area contributed by atoms with Gasteiger partial charge in [-0.15, -0.1) is 0 Å². The summed E-state index contributed by atoms with van der Waals surface area (Å²) >= 11 is 0. The lowest BCUT2D eigenvalue weighted by Gasteiger charge is -2.28. The normalized spacial score (nSPS) is 13.4. The summed E-state index contributed by atoms with van der Waals surface area (Å²) < 4.78 is 44.6. The van der Waals surface area contributed by atoms with Crippen molar-refractivity contribution in [2.24, 2.45) is 0 Å². The fourth-order valence-corrected chi connectivity index (χ4v) is 3.71. The van der Waals surface area contributed by atoms with Crippen LogP contribution >= 0.6 is 0 Å². The van der Waals surface area contributed by atoms with Gasteiger partial charge in [0.05, 0.1) is 24.5 Å². The second-order valence-electron chi connectivity index (χ2n) is 8.38. The molecule has 1 aromatic heterocycles. The van der Waals surface area contributed by atoms with Crippen LogP contribution in [0.2, 0.25) is 0 Å². The third kappa shape index (κ3) is 6.95. The van der Waals surface area contributed by atoms with Crippen LogP contribution in [0.3, 0.4) is 0 Å². The van der Waals surface area contributed by atoms with E-state index in [0.29, 0.717) is 49.1 Å². The largest absolute Gasteiger partial charge is 0.416 e. The van der Waals surface area contributed by atoms with Gasteiger partial charge in [0.2, 0.25) is 0 Å². The second-order valence-corrected chi connectivity index (χ2v) is 8.38. The molecule has 0 radical (unpaired) electrons. The number of hydrogen-bond acceptors (Lipinski definition) is 5. The molecule has 0 aliphatic carbocycles. The number of carbonyl (C=O) groups excluding carboxylic acids is 1. The molecule has 9 heteroatoms. The third-order valence-corrected chi connectivity index (χ3v) is 5.67. The van der Waals surface area contributed by atoms with Crippen molar-refractivity contribution in [2.45, 2.75) is 33.9 Å². The van der Waals surface area contributed by atoms with E-state index in [0.717, 1.165) is 29.1 Å². The maximum Gasteiger partial charge on any atom is 0.416 e. The number of nitrogens with zero attached hydrogens (tertiary/aromatic N) is 3. The van der Waals surface area contributed by atoms with Crippen LogP contribution in [0.25, 0.3) is 17.0 Å². The Morgan fingerprint density at radius 1 is 1.05 bits per heavy atom. The smallest absolute Gasteiger partial charge is 0.378 e. The first kappa shape index (κ1) is 27.9. The SMILES string of the molecule is C=C(C)c1cc(N2CCOCC2)nc(-c2cc(NC(=O)c3cccc(C(F)(F)F)c3)ccc2C)n1.CC. The van der Waals surface area contributed by atoms with Gasteiger partial charge < -0.3 is 15.0 Å². The van der Waals surface area contributed by atoms with Crippen molar-refractivity contribution in [3.8, 4) is 11.4 Å². The predicted octanol–water partition coefficient (Wildman–Crippen LogP) is 6.62. The summed E-state index contributed by atoms with van der Waals surface area (Å²) in [5, 5.41) is 2.68. The molecule has 1 aliphatic rings. The Labute approximate surface area is 215 Å². The number of aromatic nitrogens is 2. The molecular weight excluding hydrogens is 481 g/mol. The number of carbonyl (C=O) groups is 1. The summed E-state index contributed by atoms with van der Waals surface area (Å²) in [7, 11) is 0. The lowest BCUT2D eigenvalue weighted by molar-refractivity contribution is -0.137. The van der Waals surface area contributed by atoms with E-state index in [1.807, 2.05) is 39.8 Å². The van der Waals surface area contributed by atoms with E-state index < -0.39 is 17.6 Å². The van der Waals surface area contributed by atoms with Gasteiger partial charge in [-0.1, -0.05) is 32.6 Å². The fourth-order valence-electron chi connectivity index (χ4n) is 3.71. The number of aryl methyl sites for hydroxylation is 1. The molecule has 2 aromatic carbocycles. The maximum absolute atomic E-state index is 13.0. The molecule has 196 valence electrons. The number of morpholine rings is 1. The summed E-state index contributed by atoms with van der Waals surface area (Å²) in [5.41, 5.74) is 2.53. The van der Waals surface area contributed by atoms with E-state index in [2.05, 4.69) is 21.8 Å². The van der Waals surface area contributed by atoms with Gasteiger partial charge in [0.1, 0.15) is 5.82 Å². The Hall–Kier alpha value is -3.72. The fraction of sp³-hybridized carbons (Fsp3) is 0.321. The minimum Gasteiger partial charge on any atom is -0.378 e. The van der Waals surface area contributed by atoms with Gasteiger partial charge in [-0.2, -0.15) is 13.2 Å². The van der Waals surface area contributed by atoms with Crippen molar-refractivity contribution in [3.05, 3.63) is 77.5 Å². The van der Waals surface area contributed by atoms with Crippen LogP contribution in [0.5, 0.6) is 0 Å². The number of halogens is 3. The second kappa shape index (κ2) is 12.0. The number of nitrogens with one attached hydrogen (secondary N) is 1. The number of ether oxygens (including phenoxy) is 1. The van der Waals surface area contributed by atoms with Crippen molar-refractivity contribution in [1.29, 1.82) is 0 Å². The van der Waals surface area contributed by atoms with Crippen LogP contribution in [0, 0.1) is 6.92 Å². The Morgan fingerprint density at radius 2 is 1.76 bits per heavy atom. The minimum atomic E-state index is -4.53. The van der Waals surface area contributed by atoms with E-state index in [1.54, 1.807) is 12.1 Å². The molecule has 1 amide bonds. The highest BCUT2D eigenvalue weighted by atomic mass is 19.4. The summed E-state index contributed by atoms with van der Waals surface area (Å²) in [6.07, 6.45) is -4.53. The first-order valence-electron chi connectivity index (χ1n) is 12.1. The van der Waals surface area contributed by atoms with E-state index in [4.69, 9.17) is 9.72 Å². The lowest BCUT2D eigenvalue weighted by Crippen LogP contribution is -2.37. The number of rotatable bonds is 5. The number of alkyl halides is 3. The van der Waals surface area contributed by atoms with Gasteiger partial charge in [0.25, 0.3) is 5.91 Å². The molecule has 1 fully saturated rings. The summed E-state index contributed by atoms with van der Waals surface area (Å²) in [4.78, 5) is 24.2. The lowest BCUT2D eigenvalue weighted by atomic mass is 10.1. The molecule has 6 nitrogen and oxygen atoms in total. The summed E-state index contributed by atoms with van der Waals surface area (Å²) in [5.74, 6) is 0.588. The zero-order valence-electron chi connectivity index (χ0n) is 21.4. The van der Waals surface area contributed by atoms with Crippen LogP contribution in [-0.2, 0) is 10.9 Å². The van der Waals surface area contributed by atoms with E-state index in [9.17, 15) is 18.0 Å². The van der Waals surface area contributed by atoms with Crippen LogP contribution < -0.4 is 10.2 Å². The molecule has 0 unspecified atom stereocenters. The van der Waals surface area contributed by atoms with Gasteiger partial charge >= 0.3 is 6.18 Å². The Morgan fingerprint density at radius 3 is 2.41 bits per heavy atom. The standard InChI is InChI=1S/C26H25F3N4O2.C2H6/c1-16(2)22-15-23(33-9-11-35-12-10-33)32-24(31-22)21-14-20(8-7-17(21)3)30-25(34)18-5-4-6-19(13-18)26(27,28)29;1-2/h4-8,13-15H,1,9-12H2,2-3H3,(H,30,34);1-2H3. The third-order valence-electron chi connectivity index (χ3n) is 5.67. The maximum atomic E-state index is 13.0. The number of anilines is 2. The number of amides is 1. The molecule has 4 rings (SSSR count). The molecule has 1 saturated heterocycles. The van der Waals surface area contributed by atoms with Crippen LogP contribution in [0.1, 0.15) is 48.0 Å². The quantitative estimate of drug-likeness (QED) is 0.416. The summed E-state index contributed by atoms with van der Waals surface area (Å²) in [6, 6.07) is 11.4. The highest BCUT2D eigenvalue weighted by molar-refractivity contribution is 6.04. The van der Waals surface area contributed by atoms with Crippen molar-refractivity contribution >= 4 is 23.0 Å². The van der Waals surface area contributed by atoms with Crippen LogP contribution in [0.4, 0.5) is 24.7 Å². The van der Waals surface area contributed by atoms with E-state index in [-0.39, 0.29) is 5.56 Å². The first-order chi connectivity index (χ1) is 17.6. The molecule has 1 aliphatic heterocycles. The molecular formula is C28H31F3N4O2. The van der Waals surface area contributed by atoms with Gasteiger partial charge in [0, 0.05) is 36.0 Å². The molecule has 0 spiro atoms. The van der Waals surface area contributed by atoms with E-state index >= 15 is 0 Å². The van der Waals surface area contributed by atoms with Crippen LogP contribution in [-0.4, -0.2) is 42.2 Å². The van der Waals surface area contributed by atoms with Gasteiger partial charge in [-0.3, -0.25) is 4.79 Å². The number of hydrogen-bond donors (Lipinski definition) is 1. The molecule has 2 heterocycles. The van der Waals surface area contributed by atoms with Crippen molar-refractivity contribution in [1.82, 2.24) is 9.97 Å². The Balaban J connectivity index is 0.00000186. The number of allylic oxidation sites excluding steroid dienone is 1. The average molecular weight is 513 g/mol. The van der Waals surface area contributed by atoms with Crippen molar-refractivity contribution in [3.63, 3.8) is 0 Å². The summed E-state index contributed by atoms with van der Waals surface area (Å²) in [6.45, 7) is 14.4. The molecule has 0 saturated carbocycles. The van der Waals surface area contributed by atoms with E-state index in [1.165, 1.54) is 12.1 Å². The highest BCUT2D eigenvalue weighted by Gasteiger charge is 2.31. The van der Waals surface area contributed by atoms with Gasteiger partial charge in [-0.25, -0.2) is 9.97 Å². The zero-order valence-corrected chi connectivity index (χ0v) is 21.4. The van der Waals surface area contributed by atoms with Gasteiger partial charge in [-0.05, 0) is 55.3 Å².